The first kappa shape index (κ1) is 18.5. The molecule has 1 aliphatic rings. The molecule has 0 amide bonds. The SMILES string of the molecule is CN=C(NCC(c1ccccc1)N1CCCC1)N(C)Cc1cccn1C. The lowest BCUT2D eigenvalue weighted by Gasteiger charge is -2.30. The second-order valence-electron chi connectivity index (χ2n) is 7.06. The molecule has 2 heterocycles. The van der Waals surface area contributed by atoms with Crippen molar-refractivity contribution in [1.29, 1.82) is 0 Å². The van der Waals surface area contributed by atoms with Gasteiger partial charge in [-0.25, -0.2) is 0 Å². The van der Waals surface area contributed by atoms with Gasteiger partial charge in [0.25, 0.3) is 0 Å². The molecule has 26 heavy (non-hydrogen) atoms. The topological polar surface area (TPSA) is 35.8 Å². The maximum Gasteiger partial charge on any atom is 0.193 e. The molecule has 1 atom stereocenters. The maximum atomic E-state index is 4.49. The highest BCUT2D eigenvalue weighted by Crippen LogP contribution is 2.24. The lowest BCUT2D eigenvalue weighted by atomic mass is 10.1. The number of nitrogens with one attached hydrogen (secondary N) is 1. The summed E-state index contributed by atoms with van der Waals surface area (Å²) in [6, 6.07) is 15.5. The van der Waals surface area contributed by atoms with Crippen LogP contribution in [0.25, 0.3) is 0 Å². The highest BCUT2D eigenvalue weighted by Gasteiger charge is 2.23. The summed E-state index contributed by atoms with van der Waals surface area (Å²) >= 11 is 0. The van der Waals surface area contributed by atoms with E-state index in [0.29, 0.717) is 6.04 Å². The first-order chi connectivity index (χ1) is 12.7. The average molecular weight is 354 g/mol. The van der Waals surface area contributed by atoms with Crippen molar-refractivity contribution in [3.63, 3.8) is 0 Å². The largest absolute Gasteiger partial charge is 0.354 e. The van der Waals surface area contributed by atoms with Gasteiger partial charge in [-0.05, 0) is 43.6 Å². The van der Waals surface area contributed by atoms with E-state index in [-0.39, 0.29) is 0 Å². The molecule has 5 nitrogen and oxygen atoms in total. The third-order valence-corrected chi connectivity index (χ3v) is 5.24. The number of benzene rings is 1. The van der Waals surface area contributed by atoms with Crippen LogP contribution in [0, 0.1) is 0 Å². The second-order valence-corrected chi connectivity index (χ2v) is 7.06. The van der Waals surface area contributed by atoms with Crippen molar-refractivity contribution in [3.05, 3.63) is 59.9 Å². The minimum Gasteiger partial charge on any atom is -0.354 e. The van der Waals surface area contributed by atoms with E-state index in [1.165, 1.54) is 37.2 Å². The van der Waals surface area contributed by atoms with Gasteiger partial charge in [-0.3, -0.25) is 9.89 Å². The first-order valence-electron chi connectivity index (χ1n) is 9.50. The van der Waals surface area contributed by atoms with E-state index in [4.69, 9.17) is 0 Å². The third kappa shape index (κ3) is 4.47. The van der Waals surface area contributed by atoms with Gasteiger partial charge in [0.2, 0.25) is 0 Å². The van der Waals surface area contributed by atoms with Crippen LogP contribution < -0.4 is 5.32 Å². The highest BCUT2D eigenvalue weighted by atomic mass is 15.3. The van der Waals surface area contributed by atoms with Crippen molar-refractivity contribution >= 4 is 5.96 Å². The fraction of sp³-hybridized carbons (Fsp3) is 0.476. The Hall–Kier alpha value is -2.27. The molecule has 3 rings (SSSR count). The van der Waals surface area contributed by atoms with Crippen LogP contribution in [-0.4, -0.2) is 54.1 Å². The first-order valence-corrected chi connectivity index (χ1v) is 9.50. The molecule has 0 spiro atoms. The zero-order chi connectivity index (χ0) is 18.4. The number of nitrogens with zero attached hydrogens (tertiary/aromatic N) is 4. The fourth-order valence-corrected chi connectivity index (χ4v) is 3.74. The number of rotatable bonds is 6. The number of guanidine groups is 1. The molecule has 0 saturated carbocycles. The van der Waals surface area contributed by atoms with E-state index in [1.54, 1.807) is 0 Å². The van der Waals surface area contributed by atoms with Gasteiger partial charge in [0.1, 0.15) is 0 Å². The van der Waals surface area contributed by atoms with Crippen LogP contribution in [0.15, 0.2) is 53.7 Å². The van der Waals surface area contributed by atoms with Crippen LogP contribution in [0.3, 0.4) is 0 Å². The van der Waals surface area contributed by atoms with Crippen molar-refractivity contribution in [2.75, 3.05) is 33.7 Å². The summed E-state index contributed by atoms with van der Waals surface area (Å²) in [7, 11) is 6.03. The molecule has 1 aliphatic heterocycles. The van der Waals surface area contributed by atoms with E-state index >= 15 is 0 Å². The predicted octanol–water partition coefficient (Wildman–Crippen LogP) is 2.87. The fourth-order valence-electron chi connectivity index (χ4n) is 3.74. The van der Waals surface area contributed by atoms with Crippen LogP contribution in [0.4, 0.5) is 0 Å². The lowest BCUT2D eigenvalue weighted by Crippen LogP contribution is -2.43. The molecule has 1 N–H and O–H groups in total. The van der Waals surface area contributed by atoms with Crippen LogP contribution >= 0.6 is 0 Å². The van der Waals surface area contributed by atoms with E-state index in [2.05, 4.69) is 87.4 Å². The maximum absolute atomic E-state index is 4.49. The number of aliphatic imine (C=N–C) groups is 1. The summed E-state index contributed by atoms with van der Waals surface area (Å²) in [6.45, 7) is 4.06. The van der Waals surface area contributed by atoms with Crippen LogP contribution in [0.5, 0.6) is 0 Å². The third-order valence-electron chi connectivity index (χ3n) is 5.24. The standard InChI is InChI=1S/C21H31N5/c1-22-21(25(3)17-19-12-9-13-24(19)2)23-16-20(26-14-7-8-15-26)18-10-5-4-6-11-18/h4-6,9-13,20H,7-8,14-17H2,1-3H3,(H,22,23). The van der Waals surface area contributed by atoms with Crippen LogP contribution in [-0.2, 0) is 13.6 Å². The smallest absolute Gasteiger partial charge is 0.193 e. The number of hydrogen-bond donors (Lipinski definition) is 1. The van der Waals surface area contributed by atoms with Gasteiger partial charge < -0.3 is 14.8 Å². The molecular weight excluding hydrogens is 322 g/mol. The molecule has 1 fully saturated rings. The molecule has 0 radical (unpaired) electrons. The number of likely N-dealkylation sites (tertiary alicyclic amines) is 1. The van der Waals surface area contributed by atoms with Crippen LogP contribution in [0.1, 0.15) is 30.1 Å². The van der Waals surface area contributed by atoms with Gasteiger partial charge in [0.15, 0.2) is 5.96 Å². The van der Waals surface area contributed by atoms with Crippen molar-refractivity contribution < 1.29 is 0 Å². The van der Waals surface area contributed by atoms with Crippen molar-refractivity contribution in [2.45, 2.75) is 25.4 Å². The summed E-state index contributed by atoms with van der Waals surface area (Å²) in [5.41, 5.74) is 2.65. The van der Waals surface area contributed by atoms with Gasteiger partial charge in [-0.2, -0.15) is 0 Å². The zero-order valence-corrected chi connectivity index (χ0v) is 16.2. The molecule has 140 valence electrons. The monoisotopic (exact) mass is 353 g/mol. The quantitative estimate of drug-likeness (QED) is 0.641. The molecule has 1 saturated heterocycles. The van der Waals surface area contributed by atoms with E-state index in [1.807, 2.05) is 7.05 Å². The van der Waals surface area contributed by atoms with Crippen LogP contribution in [0.2, 0.25) is 0 Å². The Morgan fingerprint density at radius 3 is 2.50 bits per heavy atom. The number of aromatic nitrogens is 1. The minimum absolute atomic E-state index is 0.388. The highest BCUT2D eigenvalue weighted by molar-refractivity contribution is 5.79. The van der Waals surface area contributed by atoms with E-state index < -0.39 is 0 Å². The van der Waals surface area contributed by atoms with Gasteiger partial charge in [0, 0.05) is 39.6 Å². The summed E-state index contributed by atoms with van der Waals surface area (Å²) in [6.07, 6.45) is 4.68. The Labute approximate surface area is 157 Å². The van der Waals surface area contributed by atoms with Gasteiger partial charge in [-0.15, -0.1) is 0 Å². The molecule has 1 aromatic carbocycles. The molecule has 5 heteroatoms. The second kappa shape index (κ2) is 8.90. The normalized spacial score (nSPS) is 16.7. The summed E-state index contributed by atoms with van der Waals surface area (Å²) in [5.74, 6) is 0.936. The lowest BCUT2D eigenvalue weighted by molar-refractivity contribution is 0.244. The summed E-state index contributed by atoms with van der Waals surface area (Å²) < 4.78 is 2.15. The Balaban J connectivity index is 1.65. The molecule has 2 aromatic rings. The molecule has 1 unspecified atom stereocenters. The summed E-state index contributed by atoms with van der Waals surface area (Å²) in [5, 5.41) is 3.60. The Morgan fingerprint density at radius 2 is 1.88 bits per heavy atom. The molecule has 1 aromatic heterocycles. The van der Waals surface area contributed by atoms with Crippen molar-refractivity contribution in [3.8, 4) is 0 Å². The molecule has 0 aliphatic carbocycles. The van der Waals surface area contributed by atoms with Gasteiger partial charge >= 0.3 is 0 Å². The molecular formula is C21H31N5. The Morgan fingerprint density at radius 1 is 1.15 bits per heavy atom. The van der Waals surface area contributed by atoms with Crippen molar-refractivity contribution in [1.82, 2.24) is 19.7 Å². The summed E-state index contributed by atoms with van der Waals surface area (Å²) in [4.78, 5) is 9.27. The van der Waals surface area contributed by atoms with E-state index in [9.17, 15) is 0 Å². The number of hydrogen-bond acceptors (Lipinski definition) is 2. The number of aryl methyl sites for hydroxylation is 1. The Kier molecular flexibility index (Phi) is 6.34. The average Bonchev–Trinajstić information content (AvgIpc) is 3.32. The minimum atomic E-state index is 0.388. The Bertz CT molecular complexity index is 700. The van der Waals surface area contributed by atoms with E-state index in [0.717, 1.165) is 19.0 Å². The zero-order valence-electron chi connectivity index (χ0n) is 16.2. The van der Waals surface area contributed by atoms with Gasteiger partial charge in [0.05, 0.1) is 12.6 Å². The van der Waals surface area contributed by atoms with Crippen molar-refractivity contribution in [2.24, 2.45) is 12.0 Å². The molecule has 0 bridgehead atoms. The van der Waals surface area contributed by atoms with Gasteiger partial charge in [-0.1, -0.05) is 30.3 Å². The predicted molar refractivity (Wildman–Crippen MR) is 108 cm³/mol.